The van der Waals surface area contributed by atoms with E-state index in [4.69, 9.17) is 0 Å². The summed E-state index contributed by atoms with van der Waals surface area (Å²) in [6.07, 6.45) is 0. The molecule has 0 aliphatic carbocycles. The average Bonchev–Trinajstić information content (AvgIpc) is 3.64. The summed E-state index contributed by atoms with van der Waals surface area (Å²) < 4.78 is 0. The molecule has 83 heavy (non-hydrogen) atoms. The van der Waals surface area contributed by atoms with E-state index in [1.165, 1.54) is 84.6 Å². The van der Waals surface area contributed by atoms with Gasteiger partial charge in [-0.2, -0.15) is 0 Å². The van der Waals surface area contributed by atoms with Crippen LogP contribution in [-0.2, 0) is 38.1 Å². The van der Waals surface area contributed by atoms with Crippen molar-refractivity contribution in [2.75, 3.05) is 0 Å². The Labute approximate surface area is 515 Å². The van der Waals surface area contributed by atoms with Gasteiger partial charge in [0.1, 0.15) is 0 Å². The highest BCUT2D eigenvalue weighted by molar-refractivity contribution is 8.00. The van der Waals surface area contributed by atoms with Crippen LogP contribution < -0.4 is 0 Å². The lowest BCUT2D eigenvalue weighted by atomic mass is 9.87. The van der Waals surface area contributed by atoms with Gasteiger partial charge in [-0.15, -0.1) is 0 Å². The third-order valence-corrected chi connectivity index (χ3v) is 23.0. The summed E-state index contributed by atoms with van der Waals surface area (Å²) >= 11 is 5.44. The number of hydrogen-bond acceptors (Lipinski definition) is 3. The van der Waals surface area contributed by atoms with Crippen molar-refractivity contribution < 1.29 is 0 Å². The summed E-state index contributed by atoms with van der Waals surface area (Å²) in [7, 11) is -0.252. The topological polar surface area (TPSA) is 0 Å². The minimum atomic E-state index is -0.0917. The molecule has 0 radical (unpaired) electrons. The van der Waals surface area contributed by atoms with Gasteiger partial charge in [-0.25, -0.2) is 0 Å². The zero-order chi connectivity index (χ0) is 57.1. The highest BCUT2D eigenvalue weighted by Gasteiger charge is 2.31. The molecule has 0 aromatic heterocycles. The lowest BCUT2D eigenvalue weighted by Gasteiger charge is -2.19. The van der Waals surface area contributed by atoms with Crippen molar-refractivity contribution in [3.63, 3.8) is 0 Å². The number of aryl methyl sites for hydroxylation is 1. The molecule has 0 N–H and O–H groups in total. The molecule has 0 aliphatic heterocycles. The predicted molar refractivity (Wildman–Crippen MR) is 360 cm³/mol. The normalized spacial score (nSPS) is 11.1. The smallest absolute Gasteiger partial charge is 0.0901 e. The summed E-state index contributed by atoms with van der Waals surface area (Å²) in [6.45, 7) is 8.89. The van der Waals surface area contributed by atoms with E-state index in [0.717, 1.165) is 0 Å². The molecule has 12 aromatic rings. The summed E-state index contributed by atoms with van der Waals surface area (Å²) in [6, 6.07) is 120. The second-order valence-corrected chi connectivity index (χ2v) is 29.9. The third-order valence-electron chi connectivity index (χ3n) is 13.2. The number of rotatable bonds is 15. The van der Waals surface area contributed by atoms with E-state index < -0.39 is 0 Å². The van der Waals surface area contributed by atoms with E-state index in [1.54, 1.807) is 11.8 Å². The van der Waals surface area contributed by atoms with Gasteiger partial charge in [0, 0.05) is 29.4 Å². The largest absolute Gasteiger partial charge is 0.166 e. The first-order valence-electron chi connectivity index (χ1n) is 27.8. The SMILES string of the molecule is CC(C)(C)c1ccc(Sc2ccc([S+](c3ccccc3)c3ccccc3)cc2)cc1.Cc1ccc(Sc2ccc([S+](c3ccccc3)c3ccccc3)cc2)cc1.c1ccc(Sc2ccc([S+](c3ccccc3)c3ccccc3)cc2)cc1. The molecule has 0 aliphatic rings. The van der Waals surface area contributed by atoms with Gasteiger partial charge in [0.15, 0.2) is 44.1 Å². The van der Waals surface area contributed by atoms with Crippen LogP contribution in [0.25, 0.3) is 0 Å². The molecule has 0 fully saturated rings. The van der Waals surface area contributed by atoms with Crippen LogP contribution in [0.3, 0.4) is 0 Å². The van der Waals surface area contributed by atoms with Gasteiger partial charge in [0.25, 0.3) is 0 Å². The Hall–Kier alpha value is -7.26. The maximum Gasteiger partial charge on any atom is 0.166 e. The maximum atomic E-state index is 2.29. The Morgan fingerprint density at radius 3 is 0.614 bits per heavy atom. The molecule has 12 aromatic carbocycles. The molecule has 0 saturated carbocycles. The number of hydrogen-bond donors (Lipinski definition) is 0. The molecule has 0 bridgehead atoms. The first kappa shape index (κ1) is 58.9. The van der Waals surface area contributed by atoms with Crippen molar-refractivity contribution in [3.8, 4) is 0 Å². The quantitative estimate of drug-likeness (QED) is 0.0939. The van der Waals surface area contributed by atoms with Crippen LogP contribution >= 0.6 is 35.3 Å². The third kappa shape index (κ3) is 17.0. The van der Waals surface area contributed by atoms with Crippen LogP contribution in [0.4, 0.5) is 0 Å². The second-order valence-electron chi connectivity index (χ2n) is 20.4. The highest BCUT2D eigenvalue weighted by atomic mass is 32.2. The van der Waals surface area contributed by atoms with Crippen LogP contribution in [-0.4, -0.2) is 0 Å². The van der Waals surface area contributed by atoms with Crippen LogP contribution in [0, 0.1) is 6.92 Å². The molecule has 408 valence electrons. The zero-order valence-corrected chi connectivity index (χ0v) is 52.1. The lowest BCUT2D eigenvalue weighted by molar-refractivity contribution is 0.590. The Morgan fingerprint density at radius 2 is 0.386 bits per heavy atom. The molecule has 0 heterocycles. The van der Waals surface area contributed by atoms with E-state index in [-0.39, 0.29) is 38.1 Å². The predicted octanol–water partition coefficient (Wildman–Crippen LogP) is 22.4. The number of benzene rings is 12. The van der Waals surface area contributed by atoms with Crippen molar-refractivity contribution in [2.24, 2.45) is 0 Å². The summed E-state index contributed by atoms with van der Waals surface area (Å²) in [5, 5.41) is 0. The minimum absolute atomic E-state index is 0.0786. The fraction of sp³-hybridized carbons (Fsp3) is 0.0649. The van der Waals surface area contributed by atoms with Gasteiger partial charge < -0.3 is 0 Å². The van der Waals surface area contributed by atoms with E-state index >= 15 is 0 Å². The molecular formula is C77H67S6+3. The molecule has 0 atom stereocenters. The first-order chi connectivity index (χ1) is 40.7. The zero-order valence-electron chi connectivity index (χ0n) is 47.2. The van der Waals surface area contributed by atoms with E-state index in [9.17, 15) is 0 Å². The van der Waals surface area contributed by atoms with Gasteiger partial charge >= 0.3 is 0 Å². The Balaban J connectivity index is 0.000000139. The van der Waals surface area contributed by atoms with Crippen LogP contribution in [0.1, 0.15) is 31.9 Å². The van der Waals surface area contributed by atoms with Crippen LogP contribution in [0.5, 0.6) is 0 Å². The summed E-state index contributed by atoms with van der Waals surface area (Å²) in [5.74, 6) is 0. The van der Waals surface area contributed by atoms with Gasteiger partial charge in [0.05, 0.1) is 32.7 Å². The maximum absolute atomic E-state index is 2.29. The Bertz CT molecular complexity index is 3670. The Morgan fingerprint density at radius 1 is 0.205 bits per heavy atom. The molecule has 0 nitrogen and oxygen atoms in total. The van der Waals surface area contributed by atoms with Gasteiger partial charge in [-0.1, -0.05) is 213 Å². The van der Waals surface area contributed by atoms with Crippen molar-refractivity contribution in [2.45, 2.75) is 107 Å². The highest BCUT2D eigenvalue weighted by Crippen LogP contribution is 2.38. The van der Waals surface area contributed by atoms with E-state index in [2.05, 4.69) is 361 Å². The lowest BCUT2D eigenvalue weighted by Crippen LogP contribution is -2.10. The molecule has 0 unspecified atom stereocenters. The Kier molecular flexibility index (Phi) is 21.2. The fourth-order valence-corrected chi connectivity index (χ4v) is 17.7. The van der Waals surface area contributed by atoms with E-state index in [1.807, 2.05) is 23.5 Å². The summed E-state index contributed by atoms with van der Waals surface area (Å²) in [5.41, 5.74) is 2.86. The standard InChI is InChI=1S/C28H27S2.C25H21S2.C24H19S2/c1-28(2,3)22-14-16-23(17-15-22)29-24-18-20-27(21-19-24)30(25-10-6-4-7-11-25)26-12-8-5-9-13-26;1-20-12-14-21(15-13-20)26-22-16-18-25(19-17-22)27(23-8-4-2-5-9-23)24-10-6-3-7-11-24;1-4-10-20(11-5-1)25-21-16-18-24(19-17-21)26(22-12-6-2-7-13-22)23-14-8-3-9-15-23/h4-21H,1-3H3;2-19H,1H3;1-19H/q3*+1. The van der Waals surface area contributed by atoms with Crippen LogP contribution in [0.2, 0.25) is 0 Å². The molecule has 6 heteroatoms. The van der Waals surface area contributed by atoms with Crippen molar-refractivity contribution in [1.29, 1.82) is 0 Å². The van der Waals surface area contributed by atoms with Crippen molar-refractivity contribution in [1.82, 2.24) is 0 Å². The van der Waals surface area contributed by atoms with Crippen molar-refractivity contribution >= 4 is 68.0 Å². The van der Waals surface area contributed by atoms with Crippen molar-refractivity contribution in [3.05, 3.63) is 345 Å². The molecule has 12 rings (SSSR count). The molecule has 0 amide bonds. The minimum Gasteiger partial charge on any atom is -0.0901 e. The first-order valence-corrected chi connectivity index (χ1v) is 33.9. The monoisotopic (exact) mass is 1180 g/mol. The van der Waals surface area contributed by atoms with Crippen LogP contribution in [0.15, 0.2) is 407 Å². The van der Waals surface area contributed by atoms with Gasteiger partial charge in [-0.3, -0.25) is 0 Å². The molecule has 0 spiro atoms. The van der Waals surface area contributed by atoms with Gasteiger partial charge in [0.2, 0.25) is 0 Å². The fourth-order valence-electron chi connectivity index (χ4n) is 9.02. The molecule has 0 saturated heterocycles. The summed E-state index contributed by atoms with van der Waals surface area (Å²) in [4.78, 5) is 19.8. The van der Waals surface area contributed by atoms with Gasteiger partial charge in [-0.05, 0) is 200 Å². The average molecular weight is 1180 g/mol. The molecular weight excluding hydrogens is 1120 g/mol. The second kappa shape index (κ2) is 29.8. The van der Waals surface area contributed by atoms with E-state index in [0.29, 0.717) is 0 Å².